The van der Waals surface area contributed by atoms with Gasteiger partial charge in [-0.05, 0) is 62.2 Å². The van der Waals surface area contributed by atoms with Gasteiger partial charge in [0.2, 0.25) is 0 Å². The standard InChI is InChI=1S/C31H37N3O5/c1-31(2,3)39-30(37)25-12-10-23(22-8-6-5-7-9-22)20-27(25)32-29(36)26-21-24(11-13-28(26)35)33(4)14-15-34-16-18-38-19-17-34/h5-13,20-21,35H,14-19H2,1-4H3,(H,32,36). The fourth-order valence-corrected chi connectivity index (χ4v) is 4.35. The number of carbonyl (C=O) groups excluding carboxylic acids is 2. The van der Waals surface area contributed by atoms with Gasteiger partial charge in [0, 0.05) is 38.9 Å². The number of carbonyl (C=O) groups is 2. The van der Waals surface area contributed by atoms with Gasteiger partial charge in [0.25, 0.3) is 5.91 Å². The molecule has 0 aliphatic carbocycles. The maximum Gasteiger partial charge on any atom is 0.340 e. The summed E-state index contributed by atoms with van der Waals surface area (Å²) in [5.41, 5.74) is 2.53. The molecule has 39 heavy (non-hydrogen) atoms. The van der Waals surface area contributed by atoms with Gasteiger partial charge in [-0.25, -0.2) is 4.79 Å². The molecule has 0 bridgehead atoms. The number of anilines is 2. The van der Waals surface area contributed by atoms with E-state index < -0.39 is 17.5 Å². The lowest BCUT2D eigenvalue weighted by molar-refractivity contribution is 0.00707. The number of phenols is 1. The van der Waals surface area contributed by atoms with Crippen molar-refractivity contribution in [2.45, 2.75) is 26.4 Å². The quantitative estimate of drug-likeness (QED) is 0.394. The molecule has 1 saturated heterocycles. The lowest BCUT2D eigenvalue weighted by atomic mass is 10.0. The Morgan fingerprint density at radius 2 is 1.69 bits per heavy atom. The summed E-state index contributed by atoms with van der Waals surface area (Å²) < 4.78 is 11.0. The predicted molar refractivity (Wildman–Crippen MR) is 154 cm³/mol. The van der Waals surface area contributed by atoms with E-state index in [0.717, 1.165) is 56.2 Å². The number of nitrogens with one attached hydrogen (secondary N) is 1. The number of benzene rings is 3. The van der Waals surface area contributed by atoms with Crippen LogP contribution in [0, 0.1) is 0 Å². The van der Waals surface area contributed by atoms with Gasteiger partial charge in [0.05, 0.1) is 30.0 Å². The minimum absolute atomic E-state index is 0.117. The molecule has 1 fully saturated rings. The Bertz CT molecular complexity index is 1300. The molecule has 0 aromatic heterocycles. The van der Waals surface area contributed by atoms with Crippen LogP contribution in [0.2, 0.25) is 0 Å². The Kier molecular flexibility index (Phi) is 8.89. The highest BCUT2D eigenvalue weighted by atomic mass is 16.6. The average Bonchev–Trinajstić information content (AvgIpc) is 2.92. The van der Waals surface area contributed by atoms with E-state index in [-0.39, 0.29) is 16.9 Å². The Morgan fingerprint density at radius 3 is 2.38 bits per heavy atom. The van der Waals surface area contributed by atoms with Crippen LogP contribution in [0.5, 0.6) is 5.75 Å². The van der Waals surface area contributed by atoms with Gasteiger partial charge >= 0.3 is 5.97 Å². The maximum absolute atomic E-state index is 13.5. The van der Waals surface area contributed by atoms with Crippen molar-refractivity contribution in [1.29, 1.82) is 0 Å². The van der Waals surface area contributed by atoms with E-state index >= 15 is 0 Å². The Morgan fingerprint density at radius 1 is 0.974 bits per heavy atom. The number of morpholine rings is 1. The van der Waals surface area contributed by atoms with E-state index in [4.69, 9.17) is 9.47 Å². The third-order valence-corrected chi connectivity index (χ3v) is 6.51. The van der Waals surface area contributed by atoms with Crippen LogP contribution >= 0.6 is 0 Å². The van der Waals surface area contributed by atoms with E-state index in [1.807, 2.05) is 48.3 Å². The zero-order valence-electron chi connectivity index (χ0n) is 23.1. The first kappa shape index (κ1) is 28.1. The third kappa shape index (κ3) is 7.59. The lowest BCUT2D eigenvalue weighted by Crippen LogP contribution is -2.40. The van der Waals surface area contributed by atoms with Crippen molar-refractivity contribution in [1.82, 2.24) is 4.90 Å². The minimum Gasteiger partial charge on any atom is -0.507 e. The molecule has 1 aliphatic rings. The first-order valence-corrected chi connectivity index (χ1v) is 13.2. The van der Waals surface area contributed by atoms with Gasteiger partial charge in [-0.2, -0.15) is 0 Å². The first-order chi connectivity index (χ1) is 18.6. The van der Waals surface area contributed by atoms with Crippen LogP contribution in [0.25, 0.3) is 11.1 Å². The number of nitrogens with zero attached hydrogens (tertiary/aromatic N) is 2. The Balaban J connectivity index is 1.58. The summed E-state index contributed by atoms with van der Waals surface area (Å²) in [7, 11) is 1.96. The topological polar surface area (TPSA) is 91.3 Å². The fourth-order valence-electron chi connectivity index (χ4n) is 4.35. The number of amides is 1. The number of esters is 1. The van der Waals surface area contributed by atoms with Gasteiger partial charge in [-0.1, -0.05) is 36.4 Å². The average molecular weight is 532 g/mol. The number of hydrogen-bond donors (Lipinski definition) is 2. The highest BCUT2D eigenvalue weighted by molar-refractivity contribution is 6.10. The monoisotopic (exact) mass is 531 g/mol. The van der Waals surface area contributed by atoms with Crippen molar-refractivity contribution >= 4 is 23.3 Å². The second-order valence-corrected chi connectivity index (χ2v) is 10.7. The Hall–Kier alpha value is -3.88. The molecule has 3 aromatic carbocycles. The summed E-state index contributed by atoms with van der Waals surface area (Å²) in [5, 5.41) is 13.4. The normalized spacial score (nSPS) is 14.1. The number of likely N-dealkylation sites (N-methyl/N-ethyl adjacent to an activating group) is 1. The summed E-state index contributed by atoms with van der Waals surface area (Å²) in [6, 6.07) is 19.9. The van der Waals surface area contributed by atoms with Crippen LogP contribution in [0.15, 0.2) is 66.7 Å². The van der Waals surface area contributed by atoms with Gasteiger partial charge in [0.15, 0.2) is 0 Å². The van der Waals surface area contributed by atoms with Crippen LogP contribution in [-0.2, 0) is 9.47 Å². The van der Waals surface area contributed by atoms with Gasteiger partial charge in [0.1, 0.15) is 11.4 Å². The van der Waals surface area contributed by atoms with Gasteiger partial charge in [-0.15, -0.1) is 0 Å². The number of rotatable bonds is 8. The van der Waals surface area contributed by atoms with Crippen LogP contribution in [0.3, 0.4) is 0 Å². The van der Waals surface area contributed by atoms with Crippen molar-refractivity contribution in [3.05, 3.63) is 77.9 Å². The zero-order valence-corrected chi connectivity index (χ0v) is 23.1. The second kappa shape index (κ2) is 12.3. The smallest absolute Gasteiger partial charge is 0.340 e. The molecule has 0 unspecified atom stereocenters. The van der Waals surface area contributed by atoms with E-state index in [1.54, 1.807) is 45.0 Å². The Labute approximate surface area is 230 Å². The molecular formula is C31H37N3O5. The lowest BCUT2D eigenvalue weighted by Gasteiger charge is -2.29. The second-order valence-electron chi connectivity index (χ2n) is 10.7. The molecule has 0 spiro atoms. The van der Waals surface area contributed by atoms with Crippen molar-refractivity contribution in [3.8, 4) is 16.9 Å². The number of aromatic hydroxyl groups is 1. The molecule has 0 atom stereocenters. The molecule has 1 aliphatic heterocycles. The highest BCUT2D eigenvalue weighted by Gasteiger charge is 2.23. The zero-order chi connectivity index (χ0) is 28.0. The molecule has 0 radical (unpaired) electrons. The third-order valence-electron chi connectivity index (χ3n) is 6.51. The van der Waals surface area contributed by atoms with Crippen LogP contribution in [0.1, 0.15) is 41.5 Å². The molecule has 8 nitrogen and oxygen atoms in total. The molecule has 8 heteroatoms. The number of hydrogen-bond acceptors (Lipinski definition) is 7. The van der Waals surface area contributed by atoms with E-state index in [1.165, 1.54) is 6.07 Å². The molecule has 0 saturated carbocycles. The summed E-state index contributed by atoms with van der Waals surface area (Å²) in [4.78, 5) is 30.9. The van der Waals surface area contributed by atoms with Crippen LogP contribution in [0.4, 0.5) is 11.4 Å². The van der Waals surface area contributed by atoms with Crippen molar-refractivity contribution < 1.29 is 24.2 Å². The van der Waals surface area contributed by atoms with E-state index in [9.17, 15) is 14.7 Å². The van der Waals surface area contributed by atoms with E-state index in [2.05, 4.69) is 10.2 Å². The minimum atomic E-state index is -0.700. The van der Waals surface area contributed by atoms with Crippen molar-refractivity contribution in [3.63, 3.8) is 0 Å². The molecule has 1 amide bonds. The summed E-state index contributed by atoms with van der Waals surface area (Å²) in [6.07, 6.45) is 0. The molecule has 1 heterocycles. The highest BCUT2D eigenvalue weighted by Crippen LogP contribution is 2.30. The van der Waals surface area contributed by atoms with E-state index in [0.29, 0.717) is 5.69 Å². The van der Waals surface area contributed by atoms with Crippen molar-refractivity contribution in [2.75, 3.05) is 56.7 Å². The summed E-state index contributed by atoms with van der Waals surface area (Å²) in [5.74, 6) is -1.21. The predicted octanol–water partition coefficient (Wildman–Crippen LogP) is 5.04. The number of ether oxygens (including phenoxy) is 2. The fraction of sp³-hybridized carbons (Fsp3) is 0.355. The molecule has 2 N–H and O–H groups in total. The van der Waals surface area contributed by atoms with Crippen LogP contribution < -0.4 is 10.2 Å². The molecular weight excluding hydrogens is 494 g/mol. The largest absolute Gasteiger partial charge is 0.507 e. The molecule has 4 rings (SSSR count). The SMILES string of the molecule is CN(CCN1CCOCC1)c1ccc(O)c(C(=O)Nc2cc(-c3ccccc3)ccc2C(=O)OC(C)(C)C)c1. The van der Waals surface area contributed by atoms with Crippen LogP contribution in [-0.4, -0.2) is 73.9 Å². The maximum atomic E-state index is 13.5. The van der Waals surface area contributed by atoms with Gasteiger partial charge in [-0.3, -0.25) is 9.69 Å². The number of phenolic OH excluding ortho intramolecular Hbond substituents is 1. The first-order valence-electron chi connectivity index (χ1n) is 13.2. The molecule has 206 valence electrons. The summed E-state index contributed by atoms with van der Waals surface area (Å²) in [6.45, 7) is 10.3. The summed E-state index contributed by atoms with van der Waals surface area (Å²) >= 11 is 0. The van der Waals surface area contributed by atoms with Crippen molar-refractivity contribution in [2.24, 2.45) is 0 Å². The molecule has 3 aromatic rings. The van der Waals surface area contributed by atoms with Gasteiger partial charge < -0.3 is 24.8 Å².